The Labute approximate surface area is 116 Å². The van der Waals surface area contributed by atoms with Gasteiger partial charge in [0.25, 0.3) is 0 Å². The number of aromatic hydroxyl groups is 1. The van der Waals surface area contributed by atoms with Crippen LogP contribution in [0.3, 0.4) is 0 Å². The van der Waals surface area contributed by atoms with Crippen molar-refractivity contribution in [3.05, 3.63) is 29.3 Å². The van der Waals surface area contributed by atoms with Crippen molar-refractivity contribution in [3.8, 4) is 5.75 Å². The lowest BCUT2D eigenvalue weighted by Crippen LogP contribution is -2.35. The topological polar surface area (TPSA) is 20.2 Å². The molecule has 1 N–H and O–H groups in total. The molecule has 0 heterocycles. The molecule has 4 rings (SSSR count). The molecule has 1 nitrogen and oxygen atoms in total. The molecular formula is C18H24O. The minimum absolute atomic E-state index is 0.445. The van der Waals surface area contributed by atoms with E-state index in [1.807, 2.05) is 12.1 Å². The average Bonchev–Trinajstić information content (AvgIpc) is 2.80. The van der Waals surface area contributed by atoms with Crippen molar-refractivity contribution in [2.75, 3.05) is 0 Å². The molecule has 1 aromatic rings. The zero-order valence-electron chi connectivity index (χ0n) is 11.8. The third kappa shape index (κ3) is 1.74. The molecule has 0 bridgehead atoms. The normalized spacial score (nSPS) is 40.4. The van der Waals surface area contributed by atoms with Crippen LogP contribution in [0.15, 0.2) is 18.2 Å². The molecule has 19 heavy (non-hydrogen) atoms. The number of rotatable bonds is 0. The number of fused-ring (bicyclic) bond motifs is 5. The van der Waals surface area contributed by atoms with Gasteiger partial charge in [0.1, 0.15) is 5.75 Å². The second kappa shape index (κ2) is 4.26. The number of phenols is 1. The third-order valence-corrected chi connectivity index (χ3v) is 6.39. The molecule has 5 atom stereocenters. The van der Waals surface area contributed by atoms with E-state index in [-0.39, 0.29) is 0 Å². The highest BCUT2D eigenvalue weighted by Crippen LogP contribution is 2.56. The molecule has 5 unspecified atom stereocenters. The van der Waals surface area contributed by atoms with Gasteiger partial charge in [-0.3, -0.25) is 0 Å². The van der Waals surface area contributed by atoms with E-state index < -0.39 is 0 Å². The van der Waals surface area contributed by atoms with Gasteiger partial charge in [0, 0.05) is 0 Å². The van der Waals surface area contributed by atoms with Crippen LogP contribution in [0.2, 0.25) is 0 Å². The van der Waals surface area contributed by atoms with Crippen molar-refractivity contribution in [1.82, 2.24) is 0 Å². The second-order valence-electron chi connectivity index (χ2n) is 7.15. The zero-order valence-corrected chi connectivity index (χ0v) is 11.8. The van der Waals surface area contributed by atoms with Crippen LogP contribution in [0.25, 0.3) is 0 Å². The van der Waals surface area contributed by atoms with Crippen LogP contribution in [-0.2, 0) is 6.42 Å². The summed E-state index contributed by atoms with van der Waals surface area (Å²) in [6.07, 6.45) is 8.29. The van der Waals surface area contributed by atoms with Crippen molar-refractivity contribution < 1.29 is 5.11 Å². The Kier molecular flexibility index (Phi) is 2.65. The van der Waals surface area contributed by atoms with E-state index in [1.54, 1.807) is 5.56 Å². The van der Waals surface area contributed by atoms with Crippen LogP contribution in [0.4, 0.5) is 0 Å². The molecule has 0 amide bonds. The SMILES string of the molecule is CC1CCC2C1CCC1c3ccc(O)cc3CCC12. The van der Waals surface area contributed by atoms with Crippen molar-refractivity contribution >= 4 is 0 Å². The Hall–Kier alpha value is -0.980. The molecule has 0 saturated heterocycles. The summed E-state index contributed by atoms with van der Waals surface area (Å²) in [5.74, 6) is 5.14. The van der Waals surface area contributed by atoms with Crippen molar-refractivity contribution in [2.45, 2.75) is 51.4 Å². The van der Waals surface area contributed by atoms with Gasteiger partial charge in [-0.2, -0.15) is 0 Å². The number of hydrogen-bond donors (Lipinski definition) is 1. The van der Waals surface area contributed by atoms with Gasteiger partial charge >= 0.3 is 0 Å². The van der Waals surface area contributed by atoms with Gasteiger partial charge in [0.05, 0.1) is 0 Å². The van der Waals surface area contributed by atoms with E-state index in [0.29, 0.717) is 5.75 Å². The van der Waals surface area contributed by atoms with Crippen LogP contribution in [0.5, 0.6) is 5.75 Å². The van der Waals surface area contributed by atoms with E-state index in [4.69, 9.17) is 0 Å². The fourth-order valence-electron chi connectivity index (χ4n) is 5.51. The Balaban J connectivity index is 1.68. The Morgan fingerprint density at radius 2 is 1.79 bits per heavy atom. The summed E-state index contributed by atoms with van der Waals surface area (Å²) < 4.78 is 0. The van der Waals surface area contributed by atoms with Gasteiger partial charge in [0.2, 0.25) is 0 Å². The van der Waals surface area contributed by atoms with Gasteiger partial charge in [-0.1, -0.05) is 19.4 Å². The van der Waals surface area contributed by atoms with Crippen molar-refractivity contribution in [2.24, 2.45) is 23.7 Å². The Morgan fingerprint density at radius 1 is 0.947 bits per heavy atom. The summed E-state index contributed by atoms with van der Waals surface area (Å²) in [5.41, 5.74) is 2.98. The van der Waals surface area contributed by atoms with Gasteiger partial charge in [-0.05, 0) is 85.0 Å². The largest absolute Gasteiger partial charge is 0.508 e. The summed E-state index contributed by atoms with van der Waals surface area (Å²) in [6, 6.07) is 6.11. The lowest BCUT2D eigenvalue weighted by atomic mass is 9.60. The van der Waals surface area contributed by atoms with E-state index in [9.17, 15) is 5.11 Å². The molecule has 2 saturated carbocycles. The standard InChI is InChI=1S/C18H24O/c1-11-2-5-16-14(11)8-9-17-15-7-4-13(19)10-12(15)3-6-18(16)17/h4,7,10-11,14,16-19H,2-3,5-6,8-9H2,1H3. The first-order chi connectivity index (χ1) is 9.24. The minimum atomic E-state index is 0.445. The van der Waals surface area contributed by atoms with Gasteiger partial charge in [-0.15, -0.1) is 0 Å². The molecule has 0 aromatic heterocycles. The monoisotopic (exact) mass is 256 g/mol. The van der Waals surface area contributed by atoms with Crippen LogP contribution >= 0.6 is 0 Å². The molecular weight excluding hydrogens is 232 g/mol. The third-order valence-electron chi connectivity index (χ3n) is 6.39. The minimum Gasteiger partial charge on any atom is -0.508 e. The molecule has 0 radical (unpaired) electrons. The van der Waals surface area contributed by atoms with Gasteiger partial charge < -0.3 is 5.11 Å². The lowest BCUT2D eigenvalue weighted by Gasteiger charge is -2.45. The number of aryl methyl sites for hydroxylation is 1. The predicted octanol–water partition coefficient (Wildman–Crippen LogP) is 4.49. The summed E-state index contributed by atoms with van der Waals surface area (Å²) >= 11 is 0. The first kappa shape index (κ1) is 11.8. The first-order valence-electron chi connectivity index (χ1n) is 8.06. The van der Waals surface area contributed by atoms with Crippen LogP contribution in [-0.4, -0.2) is 5.11 Å². The quantitative estimate of drug-likeness (QED) is 0.725. The van der Waals surface area contributed by atoms with Crippen molar-refractivity contribution in [1.29, 1.82) is 0 Å². The number of benzene rings is 1. The van der Waals surface area contributed by atoms with Crippen molar-refractivity contribution in [3.63, 3.8) is 0 Å². The maximum Gasteiger partial charge on any atom is 0.115 e. The molecule has 1 heteroatoms. The zero-order chi connectivity index (χ0) is 13.0. The van der Waals surface area contributed by atoms with Gasteiger partial charge in [-0.25, -0.2) is 0 Å². The Bertz CT molecular complexity index is 492. The molecule has 2 fully saturated rings. The maximum atomic E-state index is 9.67. The fraction of sp³-hybridized carbons (Fsp3) is 0.667. The summed E-state index contributed by atoms with van der Waals surface area (Å²) in [4.78, 5) is 0. The first-order valence-corrected chi connectivity index (χ1v) is 8.06. The number of hydrogen-bond acceptors (Lipinski definition) is 1. The second-order valence-corrected chi connectivity index (χ2v) is 7.15. The lowest BCUT2D eigenvalue weighted by molar-refractivity contribution is 0.119. The molecule has 0 spiro atoms. The van der Waals surface area contributed by atoms with Crippen LogP contribution in [0, 0.1) is 23.7 Å². The Morgan fingerprint density at radius 3 is 2.68 bits per heavy atom. The average molecular weight is 256 g/mol. The van der Waals surface area contributed by atoms with Crippen LogP contribution in [0.1, 0.15) is 56.1 Å². The van der Waals surface area contributed by atoms with E-state index in [0.717, 1.165) is 29.6 Å². The molecule has 3 aliphatic carbocycles. The van der Waals surface area contributed by atoms with E-state index >= 15 is 0 Å². The van der Waals surface area contributed by atoms with E-state index in [2.05, 4.69) is 13.0 Å². The maximum absolute atomic E-state index is 9.67. The summed E-state index contributed by atoms with van der Waals surface area (Å²) in [5, 5.41) is 9.67. The number of phenolic OH excluding ortho intramolecular Hbond substituents is 1. The fourth-order valence-corrected chi connectivity index (χ4v) is 5.51. The molecule has 1 aromatic carbocycles. The molecule has 102 valence electrons. The predicted molar refractivity (Wildman–Crippen MR) is 77.3 cm³/mol. The highest BCUT2D eigenvalue weighted by molar-refractivity contribution is 5.39. The highest BCUT2D eigenvalue weighted by Gasteiger charge is 2.46. The van der Waals surface area contributed by atoms with E-state index in [1.165, 1.54) is 44.1 Å². The molecule has 3 aliphatic rings. The summed E-state index contributed by atoms with van der Waals surface area (Å²) in [6.45, 7) is 2.47. The molecule has 0 aliphatic heterocycles. The van der Waals surface area contributed by atoms with Gasteiger partial charge in [0.15, 0.2) is 0 Å². The highest BCUT2D eigenvalue weighted by atomic mass is 16.3. The summed E-state index contributed by atoms with van der Waals surface area (Å²) in [7, 11) is 0. The smallest absolute Gasteiger partial charge is 0.115 e. The van der Waals surface area contributed by atoms with Crippen LogP contribution < -0.4 is 0 Å².